The third kappa shape index (κ3) is 3.87. The van der Waals surface area contributed by atoms with Gasteiger partial charge in [0.1, 0.15) is 11.6 Å². The molecule has 23 heavy (non-hydrogen) atoms. The first-order valence-electron chi connectivity index (χ1n) is 7.46. The fourth-order valence-electron chi connectivity index (χ4n) is 2.67. The molecule has 0 radical (unpaired) electrons. The van der Waals surface area contributed by atoms with Crippen molar-refractivity contribution in [2.24, 2.45) is 0 Å². The SMILES string of the molecule is Cc1cc(Nc2ccn[nH]2)nc(N2CCC[C@H](NC(=O)O)C2)n1. The van der Waals surface area contributed by atoms with Crippen LogP contribution in [0.25, 0.3) is 0 Å². The predicted octanol–water partition coefficient (Wildman–Crippen LogP) is 1.49. The van der Waals surface area contributed by atoms with Crippen LogP contribution in [-0.4, -0.2) is 50.5 Å². The zero-order valence-corrected chi connectivity index (χ0v) is 12.8. The summed E-state index contributed by atoms with van der Waals surface area (Å²) in [5, 5.41) is 21.3. The van der Waals surface area contributed by atoms with Gasteiger partial charge in [0, 0.05) is 37.0 Å². The summed E-state index contributed by atoms with van der Waals surface area (Å²) in [7, 11) is 0. The van der Waals surface area contributed by atoms with Gasteiger partial charge in [-0.25, -0.2) is 9.78 Å². The number of aromatic nitrogens is 4. The van der Waals surface area contributed by atoms with Gasteiger partial charge in [0.25, 0.3) is 0 Å². The number of aryl methyl sites for hydroxylation is 1. The molecule has 3 rings (SSSR count). The van der Waals surface area contributed by atoms with Crippen molar-refractivity contribution in [1.82, 2.24) is 25.5 Å². The maximum atomic E-state index is 10.8. The van der Waals surface area contributed by atoms with Gasteiger partial charge in [0.2, 0.25) is 5.95 Å². The second-order valence-electron chi connectivity index (χ2n) is 5.52. The molecule has 1 amide bonds. The second kappa shape index (κ2) is 6.51. The third-order valence-corrected chi connectivity index (χ3v) is 3.64. The van der Waals surface area contributed by atoms with E-state index in [-0.39, 0.29) is 6.04 Å². The summed E-state index contributed by atoms with van der Waals surface area (Å²) in [5.41, 5.74) is 0.838. The fraction of sp³-hybridized carbons (Fsp3) is 0.429. The number of nitrogens with zero attached hydrogens (tertiary/aromatic N) is 4. The average molecular weight is 317 g/mol. The van der Waals surface area contributed by atoms with Crippen LogP contribution in [-0.2, 0) is 0 Å². The number of aromatic amines is 1. The number of H-pyrrole nitrogens is 1. The lowest BCUT2D eigenvalue weighted by atomic mass is 10.1. The van der Waals surface area contributed by atoms with Crippen molar-refractivity contribution in [3.63, 3.8) is 0 Å². The van der Waals surface area contributed by atoms with Crippen LogP contribution in [0.3, 0.4) is 0 Å². The van der Waals surface area contributed by atoms with Crippen molar-refractivity contribution >= 4 is 23.7 Å². The van der Waals surface area contributed by atoms with E-state index in [4.69, 9.17) is 5.11 Å². The first kappa shape index (κ1) is 15.1. The molecule has 9 heteroatoms. The Balaban J connectivity index is 1.76. The van der Waals surface area contributed by atoms with E-state index in [1.54, 1.807) is 6.20 Å². The number of piperidine rings is 1. The van der Waals surface area contributed by atoms with Gasteiger partial charge in [0.05, 0.1) is 6.20 Å². The zero-order chi connectivity index (χ0) is 16.2. The van der Waals surface area contributed by atoms with E-state index in [9.17, 15) is 4.79 Å². The van der Waals surface area contributed by atoms with Crippen molar-refractivity contribution in [3.8, 4) is 0 Å². The number of amides is 1. The molecule has 2 aromatic heterocycles. The lowest BCUT2D eigenvalue weighted by molar-refractivity contribution is 0.188. The van der Waals surface area contributed by atoms with Gasteiger partial charge in [-0.05, 0) is 19.8 Å². The summed E-state index contributed by atoms with van der Waals surface area (Å²) < 4.78 is 0. The zero-order valence-electron chi connectivity index (χ0n) is 12.8. The van der Waals surface area contributed by atoms with Gasteiger partial charge in [-0.2, -0.15) is 10.1 Å². The highest BCUT2D eigenvalue weighted by molar-refractivity contribution is 5.65. The second-order valence-corrected chi connectivity index (χ2v) is 5.52. The molecule has 0 aliphatic carbocycles. The van der Waals surface area contributed by atoms with Crippen molar-refractivity contribution in [2.45, 2.75) is 25.8 Å². The highest BCUT2D eigenvalue weighted by Gasteiger charge is 2.23. The highest BCUT2D eigenvalue weighted by atomic mass is 16.4. The summed E-state index contributed by atoms with van der Waals surface area (Å²) >= 11 is 0. The van der Waals surface area contributed by atoms with Crippen LogP contribution in [0.1, 0.15) is 18.5 Å². The van der Waals surface area contributed by atoms with Crippen LogP contribution >= 0.6 is 0 Å². The first-order chi connectivity index (χ1) is 11.1. The van der Waals surface area contributed by atoms with E-state index in [1.807, 2.05) is 24.0 Å². The number of hydrogen-bond acceptors (Lipinski definition) is 6. The Bertz CT molecular complexity index is 674. The largest absolute Gasteiger partial charge is 0.465 e. The molecule has 1 aliphatic rings. The van der Waals surface area contributed by atoms with Crippen LogP contribution in [0.4, 0.5) is 22.4 Å². The standard InChI is InChI=1S/C14H19N7O2/c1-9-7-12(18-11-4-5-15-20-11)19-13(16-9)21-6-2-3-10(8-21)17-14(22)23/h4-5,7,10,17H,2-3,6,8H2,1H3,(H,22,23)(H2,15,16,18,19,20)/t10-/m0/s1. The number of hydrogen-bond donors (Lipinski definition) is 4. The molecule has 3 heterocycles. The van der Waals surface area contributed by atoms with E-state index in [2.05, 4.69) is 30.8 Å². The Hall–Kier alpha value is -2.84. The Kier molecular flexibility index (Phi) is 4.26. The molecule has 1 saturated heterocycles. The van der Waals surface area contributed by atoms with E-state index in [1.165, 1.54) is 0 Å². The topological polar surface area (TPSA) is 119 Å². The van der Waals surface area contributed by atoms with Gasteiger partial charge in [0.15, 0.2) is 0 Å². The van der Waals surface area contributed by atoms with Crippen LogP contribution in [0.2, 0.25) is 0 Å². The summed E-state index contributed by atoms with van der Waals surface area (Å²) in [5.74, 6) is 2.02. The van der Waals surface area contributed by atoms with Crippen molar-refractivity contribution < 1.29 is 9.90 Å². The Morgan fingerprint density at radius 3 is 3.09 bits per heavy atom. The molecular formula is C14H19N7O2. The minimum atomic E-state index is -0.997. The Morgan fingerprint density at radius 2 is 2.35 bits per heavy atom. The number of nitrogens with one attached hydrogen (secondary N) is 3. The van der Waals surface area contributed by atoms with Gasteiger partial charge >= 0.3 is 6.09 Å². The summed E-state index contributed by atoms with van der Waals surface area (Å²) in [4.78, 5) is 21.8. The molecule has 1 atom stereocenters. The third-order valence-electron chi connectivity index (χ3n) is 3.64. The number of rotatable bonds is 4. The molecule has 4 N–H and O–H groups in total. The van der Waals surface area contributed by atoms with Gasteiger partial charge in [-0.3, -0.25) is 5.10 Å². The normalized spacial score (nSPS) is 17.8. The number of carboxylic acid groups (broad SMARTS) is 1. The monoisotopic (exact) mass is 317 g/mol. The van der Waals surface area contributed by atoms with E-state index in [0.717, 1.165) is 30.9 Å². The maximum absolute atomic E-state index is 10.8. The van der Waals surface area contributed by atoms with Gasteiger partial charge < -0.3 is 20.6 Å². The molecule has 1 fully saturated rings. The van der Waals surface area contributed by atoms with Gasteiger partial charge in [-0.15, -0.1) is 0 Å². The first-order valence-corrected chi connectivity index (χ1v) is 7.46. The van der Waals surface area contributed by atoms with Gasteiger partial charge in [-0.1, -0.05) is 0 Å². The molecule has 0 saturated carbocycles. The average Bonchev–Trinajstić information content (AvgIpc) is 2.99. The maximum Gasteiger partial charge on any atom is 0.404 e. The molecule has 0 aromatic carbocycles. The molecule has 122 valence electrons. The van der Waals surface area contributed by atoms with Crippen LogP contribution < -0.4 is 15.5 Å². The molecule has 0 spiro atoms. The quantitative estimate of drug-likeness (QED) is 0.674. The highest BCUT2D eigenvalue weighted by Crippen LogP contribution is 2.20. The molecule has 1 aliphatic heterocycles. The summed E-state index contributed by atoms with van der Waals surface area (Å²) in [6, 6.07) is 3.56. The lowest BCUT2D eigenvalue weighted by Crippen LogP contribution is -2.48. The predicted molar refractivity (Wildman–Crippen MR) is 85.0 cm³/mol. The molecule has 9 nitrogen and oxygen atoms in total. The molecule has 0 unspecified atom stereocenters. The Morgan fingerprint density at radius 1 is 1.48 bits per heavy atom. The van der Waals surface area contributed by atoms with Crippen molar-refractivity contribution in [2.75, 3.05) is 23.3 Å². The number of anilines is 3. The molecular weight excluding hydrogens is 298 g/mol. The summed E-state index contributed by atoms with van der Waals surface area (Å²) in [6.07, 6.45) is 2.38. The van der Waals surface area contributed by atoms with Crippen LogP contribution in [0.5, 0.6) is 0 Å². The van der Waals surface area contributed by atoms with Crippen LogP contribution in [0.15, 0.2) is 18.3 Å². The van der Waals surface area contributed by atoms with Crippen molar-refractivity contribution in [1.29, 1.82) is 0 Å². The van der Waals surface area contributed by atoms with E-state index in [0.29, 0.717) is 18.3 Å². The Labute approximate surface area is 133 Å². The summed E-state index contributed by atoms with van der Waals surface area (Å²) in [6.45, 7) is 3.28. The van der Waals surface area contributed by atoms with E-state index < -0.39 is 6.09 Å². The minimum absolute atomic E-state index is 0.102. The molecule has 2 aromatic rings. The van der Waals surface area contributed by atoms with E-state index >= 15 is 0 Å². The smallest absolute Gasteiger partial charge is 0.404 e. The number of carbonyl (C=O) groups is 1. The lowest BCUT2D eigenvalue weighted by Gasteiger charge is -2.32. The fourth-order valence-corrected chi connectivity index (χ4v) is 2.67. The minimum Gasteiger partial charge on any atom is -0.465 e. The van der Waals surface area contributed by atoms with Crippen molar-refractivity contribution in [3.05, 3.63) is 24.0 Å². The van der Waals surface area contributed by atoms with Crippen LogP contribution in [0, 0.1) is 6.92 Å². The molecule has 0 bridgehead atoms.